The minimum Gasteiger partial charge on any atom is -0.496 e. The number of aromatic nitrogens is 4. The van der Waals surface area contributed by atoms with Crippen molar-refractivity contribution in [1.29, 1.82) is 0 Å². The summed E-state index contributed by atoms with van der Waals surface area (Å²) >= 11 is 1.59. The highest BCUT2D eigenvalue weighted by molar-refractivity contribution is 7.98. The summed E-state index contributed by atoms with van der Waals surface area (Å²) in [6.45, 7) is 4.73. The van der Waals surface area contributed by atoms with Gasteiger partial charge in [0.25, 0.3) is 5.56 Å². The molecule has 7 heteroatoms. The molecule has 2 aromatic carbocycles. The lowest BCUT2D eigenvalue weighted by molar-refractivity contribution is 0.411. The van der Waals surface area contributed by atoms with Crippen molar-refractivity contribution in [2.24, 2.45) is 0 Å². The average molecular weight is 395 g/mol. The van der Waals surface area contributed by atoms with E-state index in [4.69, 9.17) is 4.74 Å². The molecule has 0 bridgehead atoms. The van der Waals surface area contributed by atoms with E-state index < -0.39 is 0 Å². The van der Waals surface area contributed by atoms with Crippen LogP contribution in [0.3, 0.4) is 0 Å². The maximum absolute atomic E-state index is 12.9. The first-order valence-electron chi connectivity index (χ1n) is 9.27. The quantitative estimate of drug-likeness (QED) is 0.462. The second-order valence-electron chi connectivity index (χ2n) is 6.70. The van der Waals surface area contributed by atoms with Gasteiger partial charge >= 0.3 is 0 Å². The summed E-state index contributed by atoms with van der Waals surface area (Å²) in [7, 11) is 1.68. The molecule has 2 heterocycles. The van der Waals surface area contributed by atoms with E-state index in [-0.39, 0.29) is 5.56 Å². The van der Waals surface area contributed by atoms with E-state index in [1.807, 2.05) is 47.7 Å². The third-order valence-electron chi connectivity index (χ3n) is 4.72. The SMILES string of the molecule is CCCn1c(=O)c2ccccc2n2c(SCc3cc(C)ccc3OC)nnc12. The Bertz CT molecular complexity index is 1210. The van der Waals surface area contributed by atoms with Crippen molar-refractivity contribution in [3.05, 3.63) is 63.9 Å². The number of methoxy groups -OCH3 is 1. The number of benzene rings is 2. The Balaban J connectivity index is 1.83. The molecule has 28 heavy (non-hydrogen) atoms. The summed E-state index contributed by atoms with van der Waals surface area (Å²) in [6, 6.07) is 13.8. The maximum atomic E-state index is 12.9. The minimum atomic E-state index is -0.0192. The molecule has 0 saturated carbocycles. The lowest BCUT2D eigenvalue weighted by Gasteiger charge is -2.11. The Kier molecular flexibility index (Phi) is 5.09. The summed E-state index contributed by atoms with van der Waals surface area (Å²) in [6.07, 6.45) is 0.851. The molecule has 0 aliphatic heterocycles. The highest BCUT2D eigenvalue weighted by atomic mass is 32.2. The fourth-order valence-corrected chi connectivity index (χ4v) is 4.33. The summed E-state index contributed by atoms with van der Waals surface area (Å²) in [5.41, 5.74) is 3.10. The van der Waals surface area contributed by atoms with Crippen LogP contribution in [0.5, 0.6) is 5.75 Å². The van der Waals surface area contributed by atoms with Gasteiger partial charge in [0.15, 0.2) is 5.16 Å². The number of aryl methyl sites for hydroxylation is 2. The Morgan fingerprint density at radius 1 is 1.14 bits per heavy atom. The van der Waals surface area contributed by atoms with E-state index in [0.29, 0.717) is 23.5 Å². The topological polar surface area (TPSA) is 61.4 Å². The first-order chi connectivity index (χ1) is 13.6. The normalized spacial score (nSPS) is 11.4. The number of nitrogens with zero attached hydrogens (tertiary/aromatic N) is 4. The van der Waals surface area contributed by atoms with Gasteiger partial charge in [-0.1, -0.05) is 48.5 Å². The molecular formula is C21H22N4O2S. The Labute approximate surface area is 167 Å². The van der Waals surface area contributed by atoms with Crippen LogP contribution in [0, 0.1) is 6.92 Å². The number of ether oxygens (including phenoxy) is 1. The van der Waals surface area contributed by atoms with Gasteiger partial charge in [0.2, 0.25) is 5.78 Å². The molecule has 0 fully saturated rings. The predicted octanol–water partition coefficient (Wildman–Crippen LogP) is 4.06. The van der Waals surface area contributed by atoms with Gasteiger partial charge in [-0.05, 0) is 31.5 Å². The largest absolute Gasteiger partial charge is 0.496 e. The molecule has 0 aliphatic rings. The number of hydrogen-bond donors (Lipinski definition) is 0. The first-order valence-corrected chi connectivity index (χ1v) is 10.3. The van der Waals surface area contributed by atoms with Gasteiger partial charge in [-0.3, -0.25) is 13.8 Å². The minimum absolute atomic E-state index is 0.0192. The van der Waals surface area contributed by atoms with E-state index in [2.05, 4.69) is 23.2 Å². The van der Waals surface area contributed by atoms with Crippen molar-refractivity contribution < 1.29 is 4.74 Å². The Morgan fingerprint density at radius 3 is 2.75 bits per heavy atom. The zero-order valence-corrected chi connectivity index (χ0v) is 17.0. The Morgan fingerprint density at radius 2 is 1.96 bits per heavy atom. The molecule has 0 unspecified atom stereocenters. The van der Waals surface area contributed by atoms with Crippen LogP contribution in [0.15, 0.2) is 52.4 Å². The van der Waals surface area contributed by atoms with Crippen LogP contribution >= 0.6 is 11.8 Å². The highest BCUT2D eigenvalue weighted by Crippen LogP contribution is 2.29. The second-order valence-corrected chi connectivity index (χ2v) is 7.64. The standard InChI is InChI=1S/C21H22N4O2S/c1-4-11-24-19(26)16-7-5-6-8-17(16)25-20(24)22-23-21(25)28-13-15-12-14(2)9-10-18(15)27-3/h5-10,12H,4,11,13H2,1-3H3. The zero-order chi connectivity index (χ0) is 19.7. The van der Waals surface area contributed by atoms with E-state index in [0.717, 1.165) is 28.4 Å². The van der Waals surface area contributed by atoms with Crippen LogP contribution in [0.1, 0.15) is 24.5 Å². The van der Waals surface area contributed by atoms with Crippen molar-refractivity contribution in [2.45, 2.75) is 37.7 Å². The molecule has 0 saturated heterocycles. The number of rotatable bonds is 6. The van der Waals surface area contributed by atoms with Crippen LogP contribution in [0.4, 0.5) is 0 Å². The van der Waals surface area contributed by atoms with Crippen LogP contribution in [-0.4, -0.2) is 26.3 Å². The van der Waals surface area contributed by atoms with Crippen LogP contribution in [-0.2, 0) is 12.3 Å². The van der Waals surface area contributed by atoms with E-state index in [1.54, 1.807) is 23.4 Å². The van der Waals surface area contributed by atoms with Crippen molar-refractivity contribution in [1.82, 2.24) is 19.2 Å². The lowest BCUT2D eigenvalue weighted by Crippen LogP contribution is -2.23. The average Bonchev–Trinajstić information content (AvgIpc) is 3.13. The molecule has 6 nitrogen and oxygen atoms in total. The molecular weight excluding hydrogens is 372 g/mol. The first kappa shape index (κ1) is 18.6. The number of para-hydroxylation sites is 1. The fourth-order valence-electron chi connectivity index (χ4n) is 3.41. The van der Waals surface area contributed by atoms with Crippen molar-refractivity contribution in [2.75, 3.05) is 7.11 Å². The van der Waals surface area contributed by atoms with Gasteiger partial charge in [-0.25, -0.2) is 0 Å². The zero-order valence-electron chi connectivity index (χ0n) is 16.2. The van der Waals surface area contributed by atoms with Crippen LogP contribution < -0.4 is 10.3 Å². The molecule has 0 radical (unpaired) electrons. The summed E-state index contributed by atoms with van der Waals surface area (Å²) in [4.78, 5) is 12.9. The molecule has 4 rings (SSSR count). The highest BCUT2D eigenvalue weighted by Gasteiger charge is 2.17. The number of fused-ring (bicyclic) bond motifs is 3. The van der Waals surface area contributed by atoms with Crippen molar-refractivity contribution >= 4 is 28.4 Å². The smallest absolute Gasteiger partial charge is 0.262 e. The molecule has 0 spiro atoms. The summed E-state index contributed by atoms with van der Waals surface area (Å²) in [5.74, 6) is 2.15. The molecule has 0 atom stereocenters. The lowest BCUT2D eigenvalue weighted by atomic mass is 10.1. The van der Waals surface area contributed by atoms with Gasteiger partial charge in [0.05, 0.1) is 18.0 Å². The fraction of sp³-hybridized carbons (Fsp3) is 0.286. The van der Waals surface area contributed by atoms with Gasteiger partial charge in [0, 0.05) is 17.9 Å². The molecule has 2 aromatic heterocycles. The maximum Gasteiger partial charge on any atom is 0.262 e. The monoisotopic (exact) mass is 394 g/mol. The van der Waals surface area contributed by atoms with E-state index in [9.17, 15) is 4.79 Å². The third kappa shape index (κ3) is 3.16. The van der Waals surface area contributed by atoms with Gasteiger partial charge in [-0.15, -0.1) is 10.2 Å². The molecule has 0 N–H and O–H groups in total. The van der Waals surface area contributed by atoms with Gasteiger partial charge < -0.3 is 4.74 Å². The van der Waals surface area contributed by atoms with Crippen LogP contribution in [0.25, 0.3) is 16.7 Å². The number of hydrogen-bond acceptors (Lipinski definition) is 5. The summed E-state index contributed by atoms with van der Waals surface area (Å²) in [5, 5.41) is 10.2. The predicted molar refractivity (Wildman–Crippen MR) is 112 cm³/mol. The van der Waals surface area contributed by atoms with E-state index in [1.165, 1.54) is 5.56 Å². The number of thioether (sulfide) groups is 1. The summed E-state index contributed by atoms with van der Waals surface area (Å²) < 4.78 is 9.19. The van der Waals surface area contributed by atoms with Gasteiger partial charge in [-0.2, -0.15) is 0 Å². The third-order valence-corrected chi connectivity index (χ3v) is 5.70. The molecule has 0 aliphatic carbocycles. The second kappa shape index (κ2) is 7.67. The molecule has 144 valence electrons. The van der Waals surface area contributed by atoms with Crippen molar-refractivity contribution in [3.8, 4) is 5.75 Å². The van der Waals surface area contributed by atoms with Gasteiger partial charge in [0.1, 0.15) is 5.75 Å². The van der Waals surface area contributed by atoms with E-state index >= 15 is 0 Å². The van der Waals surface area contributed by atoms with Crippen molar-refractivity contribution in [3.63, 3.8) is 0 Å². The Hall–Kier alpha value is -2.80. The van der Waals surface area contributed by atoms with Crippen LogP contribution in [0.2, 0.25) is 0 Å². The molecule has 0 amide bonds. The molecule has 4 aromatic rings.